The van der Waals surface area contributed by atoms with Crippen LogP contribution in [0.1, 0.15) is 24.0 Å². The van der Waals surface area contributed by atoms with Gasteiger partial charge in [-0.25, -0.2) is 24.0 Å². The first-order valence-corrected chi connectivity index (χ1v) is 14.0. The molecule has 4 rings (SSSR count). The van der Waals surface area contributed by atoms with Gasteiger partial charge in [0.15, 0.2) is 0 Å². The van der Waals surface area contributed by atoms with Crippen LogP contribution in [0.25, 0.3) is 0 Å². The van der Waals surface area contributed by atoms with E-state index in [1.165, 1.54) is 28.1 Å². The van der Waals surface area contributed by atoms with Gasteiger partial charge in [0.25, 0.3) is 0 Å². The SMILES string of the molecule is C=CCOC(=O)NCCC[C@H]1C(=O)N(Cc2ccc(F)cc2)C[C@H]2N1C(=O)CN(C)N2C(=O)NCc1ccc(OC)cc1. The third-order valence-electron chi connectivity index (χ3n) is 7.29. The zero-order valence-corrected chi connectivity index (χ0v) is 24.3. The molecule has 0 aliphatic carbocycles. The number of likely N-dealkylation sites (N-methyl/N-ethyl adjacent to an activating group) is 1. The maximum absolute atomic E-state index is 13.8. The lowest BCUT2D eigenvalue weighted by Gasteiger charge is -2.54. The van der Waals surface area contributed by atoms with E-state index in [4.69, 9.17) is 9.47 Å². The smallest absolute Gasteiger partial charge is 0.407 e. The summed E-state index contributed by atoms with van der Waals surface area (Å²) in [7, 11) is 3.23. The number of benzene rings is 2. The summed E-state index contributed by atoms with van der Waals surface area (Å²) >= 11 is 0. The van der Waals surface area contributed by atoms with Crippen molar-refractivity contribution in [3.8, 4) is 5.75 Å². The van der Waals surface area contributed by atoms with Crippen molar-refractivity contribution in [2.45, 2.75) is 38.1 Å². The summed E-state index contributed by atoms with van der Waals surface area (Å²) in [4.78, 5) is 55.6. The molecule has 0 spiro atoms. The molecular formula is C30H37FN6O6. The fourth-order valence-electron chi connectivity index (χ4n) is 5.21. The second-order valence-electron chi connectivity index (χ2n) is 10.3. The van der Waals surface area contributed by atoms with Gasteiger partial charge >= 0.3 is 12.1 Å². The molecule has 13 heteroatoms. The summed E-state index contributed by atoms with van der Waals surface area (Å²) in [6, 6.07) is 11.8. The highest BCUT2D eigenvalue weighted by molar-refractivity contribution is 5.91. The van der Waals surface area contributed by atoms with Gasteiger partial charge in [-0.15, -0.1) is 0 Å². The lowest BCUT2D eigenvalue weighted by molar-refractivity contribution is -0.188. The maximum atomic E-state index is 13.8. The van der Waals surface area contributed by atoms with Gasteiger partial charge in [0.2, 0.25) is 11.8 Å². The predicted molar refractivity (Wildman–Crippen MR) is 155 cm³/mol. The second-order valence-corrected chi connectivity index (χ2v) is 10.3. The van der Waals surface area contributed by atoms with Gasteiger partial charge in [-0.1, -0.05) is 36.9 Å². The first kappa shape index (κ1) is 31.3. The number of methoxy groups -OCH3 is 1. The number of fused-ring (bicyclic) bond motifs is 1. The number of hydrazine groups is 1. The summed E-state index contributed by atoms with van der Waals surface area (Å²) in [5.41, 5.74) is 1.56. The Morgan fingerprint density at radius 1 is 1.07 bits per heavy atom. The molecule has 2 N–H and O–H groups in total. The molecule has 2 aliphatic heterocycles. The molecule has 5 amide bonds. The molecule has 230 valence electrons. The normalized spacial score (nSPS) is 18.6. The van der Waals surface area contributed by atoms with Gasteiger partial charge in [0.1, 0.15) is 30.4 Å². The van der Waals surface area contributed by atoms with E-state index >= 15 is 0 Å². The van der Waals surface area contributed by atoms with Crippen molar-refractivity contribution in [3.05, 3.63) is 78.1 Å². The molecule has 2 aromatic carbocycles. The highest BCUT2D eigenvalue weighted by Gasteiger charge is 2.50. The largest absolute Gasteiger partial charge is 0.497 e. The van der Waals surface area contributed by atoms with E-state index in [2.05, 4.69) is 17.2 Å². The Morgan fingerprint density at radius 2 is 1.77 bits per heavy atom. The van der Waals surface area contributed by atoms with Crippen molar-refractivity contribution >= 4 is 23.9 Å². The molecule has 2 atom stereocenters. The van der Waals surface area contributed by atoms with E-state index in [0.717, 1.165) is 5.56 Å². The van der Waals surface area contributed by atoms with Crippen LogP contribution >= 0.6 is 0 Å². The van der Waals surface area contributed by atoms with Crippen LogP contribution in [0, 0.1) is 5.82 Å². The minimum absolute atomic E-state index is 0.0604. The zero-order chi connectivity index (χ0) is 30.9. The van der Waals surface area contributed by atoms with Crippen LogP contribution in [0.3, 0.4) is 0 Å². The number of urea groups is 1. The van der Waals surface area contributed by atoms with E-state index in [1.807, 2.05) is 12.1 Å². The number of amides is 5. The van der Waals surface area contributed by atoms with Gasteiger partial charge in [0.05, 0.1) is 20.2 Å². The molecule has 0 unspecified atom stereocenters. The zero-order valence-electron chi connectivity index (χ0n) is 24.3. The average Bonchev–Trinajstić information content (AvgIpc) is 3.00. The standard InChI is InChI=1S/C30H37FN6O6/c1-4-16-43-30(41)32-15-5-6-25-28(39)35(18-22-7-11-23(31)12-8-22)19-26-36(25)27(38)20-34(2)37(26)29(40)33-17-21-9-13-24(42-3)14-10-21/h4,7-14,25-26H,1,5-6,15-20H2,2-3H3,(H,32,41)(H,33,40)/t25-,26-/m0/s1. The van der Waals surface area contributed by atoms with Crippen LogP contribution in [0.5, 0.6) is 5.75 Å². The van der Waals surface area contributed by atoms with Gasteiger partial charge in [-0.3, -0.25) is 9.59 Å². The predicted octanol–water partition coefficient (Wildman–Crippen LogP) is 2.46. The third-order valence-corrected chi connectivity index (χ3v) is 7.29. The van der Waals surface area contributed by atoms with Gasteiger partial charge < -0.3 is 29.9 Å². The molecule has 2 saturated heterocycles. The Morgan fingerprint density at radius 3 is 2.44 bits per heavy atom. The minimum Gasteiger partial charge on any atom is -0.497 e. The van der Waals surface area contributed by atoms with Crippen molar-refractivity contribution in [1.29, 1.82) is 0 Å². The Balaban J connectivity index is 1.53. The van der Waals surface area contributed by atoms with E-state index in [-0.39, 0.29) is 57.6 Å². The number of piperazine rings is 1. The second kappa shape index (κ2) is 14.5. The lowest BCUT2D eigenvalue weighted by atomic mass is 10.0. The number of nitrogens with zero attached hydrogens (tertiary/aromatic N) is 4. The first-order valence-electron chi connectivity index (χ1n) is 14.0. The highest BCUT2D eigenvalue weighted by Crippen LogP contribution is 2.29. The van der Waals surface area contributed by atoms with Crippen molar-refractivity contribution in [2.75, 3.05) is 40.4 Å². The van der Waals surface area contributed by atoms with Crippen LogP contribution in [-0.4, -0.2) is 96.4 Å². The van der Waals surface area contributed by atoms with Crippen LogP contribution in [0.2, 0.25) is 0 Å². The van der Waals surface area contributed by atoms with E-state index < -0.39 is 30.1 Å². The van der Waals surface area contributed by atoms with Crippen molar-refractivity contribution in [3.63, 3.8) is 0 Å². The number of hydrogen-bond donors (Lipinski definition) is 2. The Bertz CT molecular complexity index is 1310. The molecule has 2 heterocycles. The number of carbonyl (C=O) groups is 4. The number of carbonyl (C=O) groups excluding carboxylic acids is 4. The molecule has 0 bridgehead atoms. The number of alkyl carbamates (subject to hydrolysis) is 1. The summed E-state index contributed by atoms with van der Waals surface area (Å²) in [5, 5.41) is 8.55. The Kier molecular flexibility index (Phi) is 10.5. The Hall–Kier alpha value is -4.65. The van der Waals surface area contributed by atoms with E-state index in [1.54, 1.807) is 48.3 Å². The number of halogens is 1. The Labute approximate surface area is 250 Å². The maximum Gasteiger partial charge on any atom is 0.407 e. The van der Waals surface area contributed by atoms with E-state index in [0.29, 0.717) is 17.7 Å². The van der Waals surface area contributed by atoms with Crippen molar-refractivity contribution in [1.82, 2.24) is 30.5 Å². The summed E-state index contributed by atoms with van der Waals surface area (Å²) in [5.74, 6) is -0.268. The van der Waals surface area contributed by atoms with Crippen LogP contribution in [-0.2, 0) is 27.4 Å². The van der Waals surface area contributed by atoms with Gasteiger partial charge in [-0.2, -0.15) is 0 Å². The van der Waals surface area contributed by atoms with Gasteiger partial charge in [-0.05, 0) is 48.2 Å². The molecule has 2 fully saturated rings. The van der Waals surface area contributed by atoms with E-state index in [9.17, 15) is 23.6 Å². The monoisotopic (exact) mass is 596 g/mol. The average molecular weight is 597 g/mol. The molecule has 12 nitrogen and oxygen atoms in total. The lowest BCUT2D eigenvalue weighted by Crippen LogP contribution is -2.75. The van der Waals surface area contributed by atoms with Crippen molar-refractivity contribution in [2.24, 2.45) is 0 Å². The summed E-state index contributed by atoms with van der Waals surface area (Å²) in [6.45, 7) is 4.16. The third kappa shape index (κ3) is 7.80. The molecule has 2 aliphatic rings. The number of ether oxygens (including phenoxy) is 2. The molecule has 0 saturated carbocycles. The molecule has 2 aromatic rings. The first-order chi connectivity index (χ1) is 20.7. The van der Waals surface area contributed by atoms with Crippen molar-refractivity contribution < 1.29 is 33.0 Å². The fourth-order valence-corrected chi connectivity index (χ4v) is 5.21. The molecular weight excluding hydrogens is 559 g/mol. The quantitative estimate of drug-likeness (QED) is 0.302. The molecule has 43 heavy (non-hydrogen) atoms. The van der Waals surface area contributed by atoms with Crippen LogP contribution < -0.4 is 15.4 Å². The topological polar surface area (TPSA) is 124 Å². The summed E-state index contributed by atoms with van der Waals surface area (Å²) in [6.07, 6.45) is 0.679. The van der Waals surface area contributed by atoms with Gasteiger partial charge in [0, 0.05) is 26.7 Å². The number of hydrogen-bond acceptors (Lipinski definition) is 7. The van der Waals surface area contributed by atoms with Crippen LogP contribution in [0.15, 0.2) is 61.2 Å². The summed E-state index contributed by atoms with van der Waals surface area (Å²) < 4.78 is 23.7. The minimum atomic E-state index is -0.872. The molecule has 0 aromatic heterocycles. The molecule has 0 radical (unpaired) electrons. The highest BCUT2D eigenvalue weighted by atomic mass is 19.1. The fraction of sp³-hybridized carbons (Fsp3) is 0.400. The van der Waals surface area contributed by atoms with Crippen LogP contribution in [0.4, 0.5) is 14.0 Å². The number of rotatable bonds is 11. The number of nitrogens with one attached hydrogen (secondary N) is 2.